The Morgan fingerprint density at radius 3 is 1.74 bits per heavy atom. The number of anilines is 3. The summed E-state index contributed by atoms with van der Waals surface area (Å²) in [4.78, 5) is 2.37. The van der Waals surface area contributed by atoms with Crippen LogP contribution in [0.2, 0.25) is 0 Å². The molecule has 1 aromatic heterocycles. The van der Waals surface area contributed by atoms with Crippen LogP contribution in [0, 0.1) is 0 Å². The topological polar surface area (TPSA) is 3.24 Å². The molecule has 0 amide bonds. The summed E-state index contributed by atoms with van der Waals surface area (Å²) in [7, 11) is 0. The summed E-state index contributed by atoms with van der Waals surface area (Å²) < 4.78 is 2.67. The van der Waals surface area contributed by atoms with E-state index in [2.05, 4.69) is 181 Å². The molecule has 46 heavy (non-hydrogen) atoms. The second kappa shape index (κ2) is 11.0. The minimum atomic E-state index is 1.12. The first-order chi connectivity index (χ1) is 22.8. The van der Waals surface area contributed by atoms with Gasteiger partial charge in [-0.15, -0.1) is 11.3 Å². The molecular formula is C44H29NS. The predicted molar refractivity (Wildman–Crippen MR) is 200 cm³/mol. The van der Waals surface area contributed by atoms with E-state index < -0.39 is 0 Å². The zero-order valence-corrected chi connectivity index (χ0v) is 25.9. The minimum absolute atomic E-state index is 1.12. The van der Waals surface area contributed by atoms with Crippen molar-refractivity contribution in [3.05, 3.63) is 176 Å². The molecule has 0 aliphatic heterocycles. The third-order valence-electron chi connectivity index (χ3n) is 9.06. The van der Waals surface area contributed by atoms with Crippen LogP contribution in [0.5, 0.6) is 0 Å². The maximum atomic E-state index is 2.37. The van der Waals surface area contributed by atoms with Gasteiger partial charge >= 0.3 is 0 Å². The highest BCUT2D eigenvalue weighted by Crippen LogP contribution is 2.42. The van der Waals surface area contributed by atoms with Crippen LogP contribution in [0.4, 0.5) is 17.1 Å². The predicted octanol–water partition coefficient (Wildman–Crippen LogP) is 13.2. The molecule has 0 radical (unpaired) electrons. The van der Waals surface area contributed by atoms with Crippen molar-refractivity contribution < 1.29 is 0 Å². The summed E-state index contributed by atoms with van der Waals surface area (Å²) in [6.07, 6.45) is 0. The van der Waals surface area contributed by atoms with Crippen molar-refractivity contribution >= 4 is 70.1 Å². The highest BCUT2D eigenvalue weighted by Gasteiger charge is 2.16. The Balaban J connectivity index is 1.16. The SMILES string of the molecule is c1ccc(-c2ccc(N(c3ccc(-c4cccc5c4sc4ccccc45)cc3)c3ccc4c(ccc5ccccc54)c3)cc2)cc1. The molecule has 216 valence electrons. The van der Waals surface area contributed by atoms with Crippen molar-refractivity contribution in [3.63, 3.8) is 0 Å². The number of benzene rings is 8. The van der Waals surface area contributed by atoms with Crippen LogP contribution in [0.1, 0.15) is 0 Å². The number of rotatable bonds is 5. The monoisotopic (exact) mass is 603 g/mol. The van der Waals surface area contributed by atoms with E-state index in [1.165, 1.54) is 64.0 Å². The standard InChI is InChI=1S/C44H29NS/c1-2-9-30(10-3-1)31-19-23-35(24-20-31)45(37-27-28-39-34(29-37)18-17-32-11-4-5-12-38(32)39)36-25-21-33(22-26-36)40-14-8-15-42-41-13-6-7-16-43(41)46-44(40)42/h1-29H. The normalized spacial score (nSPS) is 11.5. The average molecular weight is 604 g/mol. The Kier molecular flexibility index (Phi) is 6.40. The highest BCUT2D eigenvalue weighted by molar-refractivity contribution is 7.26. The van der Waals surface area contributed by atoms with Crippen molar-refractivity contribution in [1.82, 2.24) is 0 Å². The van der Waals surface area contributed by atoms with Crippen molar-refractivity contribution in [1.29, 1.82) is 0 Å². The molecule has 0 unspecified atom stereocenters. The molecule has 0 aliphatic carbocycles. The first-order valence-corrected chi connectivity index (χ1v) is 16.5. The summed E-state index contributed by atoms with van der Waals surface area (Å²) in [5.41, 5.74) is 8.32. The summed E-state index contributed by atoms with van der Waals surface area (Å²) in [6, 6.07) is 63.9. The third-order valence-corrected chi connectivity index (χ3v) is 10.3. The first kappa shape index (κ1) is 26.7. The second-order valence-electron chi connectivity index (χ2n) is 11.8. The van der Waals surface area contributed by atoms with Gasteiger partial charge in [-0.1, -0.05) is 133 Å². The minimum Gasteiger partial charge on any atom is -0.310 e. The average Bonchev–Trinajstić information content (AvgIpc) is 3.52. The quantitative estimate of drug-likeness (QED) is 0.177. The molecule has 0 aliphatic rings. The summed E-state index contributed by atoms with van der Waals surface area (Å²) in [5, 5.41) is 7.70. The van der Waals surface area contributed by atoms with E-state index in [0.717, 1.165) is 17.1 Å². The van der Waals surface area contributed by atoms with Crippen LogP contribution in [0.3, 0.4) is 0 Å². The van der Waals surface area contributed by atoms with Crippen LogP contribution >= 0.6 is 11.3 Å². The zero-order chi connectivity index (χ0) is 30.5. The lowest BCUT2D eigenvalue weighted by Gasteiger charge is -2.26. The van der Waals surface area contributed by atoms with Gasteiger partial charge in [-0.2, -0.15) is 0 Å². The van der Waals surface area contributed by atoms with Gasteiger partial charge in [-0.05, 0) is 86.3 Å². The molecule has 2 heteroatoms. The summed E-state index contributed by atoms with van der Waals surface area (Å²) in [5.74, 6) is 0. The maximum Gasteiger partial charge on any atom is 0.0468 e. The van der Waals surface area contributed by atoms with E-state index in [0.29, 0.717) is 0 Å². The van der Waals surface area contributed by atoms with Gasteiger partial charge in [0, 0.05) is 37.2 Å². The molecule has 0 atom stereocenters. The van der Waals surface area contributed by atoms with Gasteiger partial charge < -0.3 is 4.90 Å². The number of nitrogens with zero attached hydrogens (tertiary/aromatic N) is 1. The van der Waals surface area contributed by atoms with E-state index in [4.69, 9.17) is 0 Å². The Labute approximate surface area is 272 Å². The van der Waals surface area contributed by atoms with Crippen LogP contribution in [0.15, 0.2) is 176 Å². The molecule has 9 rings (SSSR count). The van der Waals surface area contributed by atoms with Gasteiger partial charge in [-0.3, -0.25) is 0 Å². The number of thiophene rings is 1. The van der Waals surface area contributed by atoms with Gasteiger partial charge in [0.25, 0.3) is 0 Å². The molecule has 0 fully saturated rings. The number of fused-ring (bicyclic) bond motifs is 6. The number of hydrogen-bond donors (Lipinski definition) is 0. The number of hydrogen-bond acceptors (Lipinski definition) is 2. The lowest BCUT2D eigenvalue weighted by molar-refractivity contribution is 1.29. The Bertz CT molecular complexity index is 2510. The fourth-order valence-corrected chi connectivity index (χ4v) is 8.02. The fourth-order valence-electron chi connectivity index (χ4n) is 6.78. The molecule has 0 saturated heterocycles. The molecule has 8 aromatic carbocycles. The molecule has 0 N–H and O–H groups in total. The Morgan fingerprint density at radius 2 is 0.935 bits per heavy atom. The molecule has 1 nitrogen and oxygen atoms in total. The van der Waals surface area contributed by atoms with E-state index in [9.17, 15) is 0 Å². The van der Waals surface area contributed by atoms with Gasteiger partial charge in [0.2, 0.25) is 0 Å². The summed E-state index contributed by atoms with van der Waals surface area (Å²) in [6.45, 7) is 0. The smallest absolute Gasteiger partial charge is 0.0468 e. The molecule has 1 heterocycles. The third kappa shape index (κ3) is 4.54. The van der Waals surface area contributed by atoms with Crippen molar-refractivity contribution in [3.8, 4) is 22.3 Å². The van der Waals surface area contributed by atoms with Gasteiger partial charge in [0.15, 0.2) is 0 Å². The van der Waals surface area contributed by atoms with E-state index in [1.54, 1.807) is 0 Å². The van der Waals surface area contributed by atoms with Crippen LogP contribution in [-0.2, 0) is 0 Å². The molecule has 0 bridgehead atoms. The van der Waals surface area contributed by atoms with Crippen LogP contribution in [0.25, 0.3) is 64.0 Å². The largest absolute Gasteiger partial charge is 0.310 e. The van der Waals surface area contributed by atoms with Gasteiger partial charge in [0.05, 0.1) is 0 Å². The van der Waals surface area contributed by atoms with Crippen molar-refractivity contribution in [2.75, 3.05) is 4.90 Å². The molecule has 9 aromatic rings. The van der Waals surface area contributed by atoms with Crippen LogP contribution in [-0.4, -0.2) is 0 Å². The Morgan fingerprint density at radius 1 is 0.348 bits per heavy atom. The maximum absolute atomic E-state index is 2.37. The van der Waals surface area contributed by atoms with Crippen LogP contribution < -0.4 is 4.90 Å². The second-order valence-corrected chi connectivity index (χ2v) is 12.8. The van der Waals surface area contributed by atoms with E-state index in [-0.39, 0.29) is 0 Å². The first-order valence-electron chi connectivity index (χ1n) is 15.7. The zero-order valence-electron chi connectivity index (χ0n) is 25.1. The highest BCUT2D eigenvalue weighted by atomic mass is 32.1. The van der Waals surface area contributed by atoms with Crippen molar-refractivity contribution in [2.45, 2.75) is 0 Å². The fraction of sp³-hybridized carbons (Fsp3) is 0. The lowest BCUT2D eigenvalue weighted by Crippen LogP contribution is -2.09. The molecule has 0 spiro atoms. The lowest BCUT2D eigenvalue weighted by atomic mass is 10.00. The van der Waals surface area contributed by atoms with Gasteiger partial charge in [-0.25, -0.2) is 0 Å². The van der Waals surface area contributed by atoms with E-state index >= 15 is 0 Å². The Hall–Kier alpha value is -5.70. The van der Waals surface area contributed by atoms with E-state index in [1.807, 2.05) is 11.3 Å². The van der Waals surface area contributed by atoms with Gasteiger partial charge in [0.1, 0.15) is 0 Å². The molecular weight excluding hydrogens is 575 g/mol. The van der Waals surface area contributed by atoms with Crippen molar-refractivity contribution in [2.24, 2.45) is 0 Å². The molecule has 0 saturated carbocycles. The summed E-state index contributed by atoms with van der Waals surface area (Å²) >= 11 is 1.88.